The number of esters is 1. The number of hydrogen-bond acceptors (Lipinski definition) is 2. The van der Waals surface area contributed by atoms with Crippen LogP contribution in [0.2, 0.25) is 0 Å². The van der Waals surface area contributed by atoms with Crippen LogP contribution in [0.25, 0.3) is 0 Å². The highest BCUT2D eigenvalue weighted by molar-refractivity contribution is 14.1. The molecule has 0 aromatic heterocycles. The van der Waals surface area contributed by atoms with Crippen molar-refractivity contribution >= 4 is 90.3 Å². The van der Waals surface area contributed by atoms with E-state index >= 15 is 0 Å². The molecule has 0 heterocycles. The van der Waals surface area contributed by atoms with E-state index in [-0.39, 0.29) is 6.61 Å². The highest BCUT2D eigenvalue weighted by atomic mass is 127. The fourth-order valence-corrected chi connectivity index (χ4v) is 0.804. The van der Waals surface area contributed by atoms with Gasteiger partial charge in [-0.2, -0.15) is 0 Å². The number of carbonyl (C=O) groups excluding carboxylic acids is 1. The minimum Gasteiger partial charge on any atom is -0.458 e. The predicted molar refractivity (Wildman–Crippen MR) is 70.4 cm³/mol. The van der Waals surface area contributed by atoms with Gasteiger partial charge in [-0.25, -0.2) is 4.79 Å². The van der Waals surface area contributed by atoms with Crippen molar-refractivity contribution in [2.24, 2.45) is 0 Å². The summed E-state index contributed by atoms with van der Waals surface area (Å²) in [7, 11) is 0. The van der Waals surface area contributed by atoms with Crippen molar-refractivity contribution in [2.45, 2.75) is 4.84 Å². The third-order valence-electron chi connectivity index (χ3n) is 0.724. The third kappa shape index (κ3) is 6.22. The molecule has 2 nitrogen and oxygen atoms in total. The molecule has 0 atom stereocenters. The molecule has 7 heteroatoms. The lowest BCUT2D eigenvalue weighted by atomic mass is 10.7. The van der Waals surface area contributed by atoms with E-state index in [4.69, 9.17) is 27.9 Å². The highest BCUT2D eigenvalue weighted by Gasteiger charge is 2.13. The normalized spacial score (nSPS) is 12.8. The molecule has 0 radical (unpaired) electrons. The summed E-state index contributed by atoms with van der Waals surface area (Å²) < 4.78 is 6.51. The molecule has 0 rings (SSSR count). The Morgan fingerprint density at radius 3 is 2.33 bits per heavy atom. The molecule has 0 saturated heterocycles. The molecule has 0 N–H and O–H groups in total. The van der Waals surface area contributed by atoms with Gasteiger partial charge in [0.2, 0.25) is 4.84 Å². The van der Waals surface area contributed by atoms with Crippen LogP contribution >= 0.6 is 84.3 Å². The fourth-order valence-electron chi connectivity index (χ4n) is 0.252. The van der Waals surface area contributed by atoms with E-state index in [9.17, 15) is 4.79 Å². The summed E-state index contributed by atoms with van der Waals surface area (Å²) in [6.45, 7) is 0.193. The number of alkyl halides is 2. The van der Waals surface area contributed by atoms with Crippen molar-refractivity contribution in [3.63, 3.8) is 0 Å². The zero-order valence-electron chi connectivity index (χ0n) is 5.49. The van der Waals surface area contributed by atoms with E-state index < -0.39 is 10.8 Å². The van der Waals surface area contributed by atoms with Crippen LogP contribution in [0.1, 0.15) is 0 Å². The van der Waals surface area contributed by atoms with Gasteiger partial charge < -0.3 is 4.74 Å². The molecule has 0 aliphatic carbocycles. The molecule has 0 aromatic carbocycles. The minimum atomic E-state index is -1.11. The lowest BCUT2D eigenvalue weighted by Gasteiger charge is -2.03. The highest BCUT2D eigenvalue weighted by Crippen LogP contribution is 2.24. The summed E-state index contributed by atoms with van der Waals surface area (Å²) in [5.41, 5.74) is 0. The monoisotopic (exact) mass is 498 g/mol. The standard InChI is InChI=1S/C5H3BrCl2I2O2/c6-3(10)2(9)1-12-5(11)4(7)8/h4H,1H2/b3-2+. The van der Waals surface area contributed by atoms with Gasteiger partial charge in [0.25, 0.3) is 0 Å². The average molecular weight is 500 g/mol. The van der Waals surface area contributed by atoms with E-state index in [1.54, 1.807) is 0 Å². The van der Waals surface area contributed by atoms with Gasteiger partial charge in [0.1, 0.15) is 6.61 Å². The molecule has 0 unspecified atom stereocenters. The summed E-state index contributed by atoms with van der Waals surface area (Å²) in [6.07, 6.45) is 0. The van der Waals surface area contributed by atoms with Crippen LogP contribution in [0.4, 0.5) is 0 Å². The van der Waals surface area contributed by atoms with E-state index in [1.165, 1.54) is 0 Å². The number of ether oxygens (including phenoxy) is 1. The van der Waals surface area contributed by atoms with Crippen molar-refractivity contribution in [3.05, 3.63) is 6.07 Å². The maximum absolute atomic E-state index is 10.7. The summed E-state index contributed by atoms with van der Waals surface area (Å²) in [5, 5.41) is 0. The van der Waals surface area contributed by atoms with Gasteiger partial charge in [-0.1, -0.05) is 23.2 Å². The minimum absolute atomic E-state index is 0.193. The first kappa shape index (κ1) is 13.7. The smallest absolute Gasteiger partial charge is 0.339 e. The SMILES string of the molecule is O=C(OC/C(I)=C(/Br)I)C(Cl)Cl. The van der Waals surface area contributed by atoms with Crippen LogP contribution in [0.3, 0.4) is 0 Å². The summed E-state index contributed by atoms with van der Waals surface area (Å²) in [4.78, 5) is 9.63. The van der Waals surface area contributed by atoms with Crippen LogP contribution in [0.5, 0.6) is 0 Å². The van der Waals surface area contributed by atoms with Crippen molar-refractivity contribution < 1.29 is 9.53 Å². The Hall–Kier alpha value is 1.73. The maximum atomic E-state index is 10.7. The molecule has 0 amide bonds. The van der Waals surface area contributed by atoms with Crippen molar-refractivity contribution in [2.75, 3.05) is 6.61 Å². The largest absolute Gasteiger partial charge is 0.458 e. The Labute approximate surface area is 116 Å². The van der Waals surface area contributed by atoms with Gasteiger partial charge in [0.15, 0.2) is 0 Å². The number of hydrogen-bond donors (Lipinski definition) is 0. The second kappa shape index (κ2) is 7.08. The summed E-state index contributed by atoms with van der Waals surface area (Å²) in [6, 6.07) is 0. The molecule has 0 fully saturated rings. The van der Waals surface area contributed by atoms with Crippen LogP contribution in [0, 0.1) is 0 Å². The van der Waals surface area contributed by atoms with Crippen LogP contribution in [-0.2, 0) is 9.53 Å². The van der Waals surface area contributed by atoms with Crippen LogP contribution in [0.15, 0.2) is 6.07 Å². The quantitative estimate of drug-likeness (QED) is 0.336. The van der Waals surface area contributed by atoms with E-state index in [2.05, 4.69) is 61.1 Å². The lowest BCUT2D eigenvalue weighted by molar-refractivity contribution is -0.140. The molecule has 0 aromatic rings. The molecule has 0 aliphatic rings. The van der Waals surface area contributed by atoms with Gasteiger partial charge >= 0.3 is 5.97 Å². The molecule has 0 saturated carbocycles. The van der Waals surface area contributed by atoms with Crippen LogP contribution < -0.4 is 0 Å². The second-order valence-electron chi connectivity index (χ2n) is 1.57. The Bertz CT molecular complexity index is 204. The Balaban J connectivity index is 3.85. The third-order valence-corrected chi connectivity index (χ3v) is 4.83. The van der Waals surface area contributed by atoms with Crippen molar-refractivity contribution in [1.29, 1.82) is 0 Å². The lowest BCUT2D eigenvalue weighted by Crippen LogP contribution is -2.13. The molecule has 0 bridgehead atoms. The Morgan fingerprint density at radius 1 is 1.50 bits per heavy atom. The fraction of sp³-hybridized carbons (Fsp3) is 0.400. The first-order valence-corrected chi connectivity index (χ1v) is 6.42. The number of carbonyl (C=O) groups is 1. The first-order chi connectivity index (χ1) is 5.45. The molecule has 70 valence electrons. The zero-order valence-corrected chi connectivity index (χ0v) is 12.9. The van der Waals surface area contributed by atoms with E-state index in [0.717, 1.165) is 6.07 Å². The van der Waals surface area contributed by atoms with Gasteiger partial charge in [0.05, 0.1) is 2.49 Å². The number of halogens is 5. The molecular weight excluding hydrogens is 497 g/mol. The topological polar surface area (TPSA) is 26.3 Å². The van der Waals surface area contributed by atoms with Gasteiger partial charge in [-0.3, -0.25) is 0 Å². The molecular formula is C5H3BrCl2I2O2. The van der Waals surface area contributed by atoms with E-state index in [1.807, 2.05) is 0 Å². The molecule has 0 aliphatic heterocycles. The predicted octanol–water partition coefficient (Wildman–Crippen LogP) is 3.77. The van der Waals surface area contributed by atoms with E-state index in [0.29, 0.717) is 0 Å². The van der Waals surface area contributed by atoms with Gasteiger partial charge in [-0.15, -0.1) is 0 Å². The summed E-state index contributed by atoms with van der Waals surface area (Å²) >= 11 is 17.8. The first-order valence-electron chi connectivity index (χ1n) is 2.59. The van der Waals surface area contributed by atoms with Crippen LogP contribution in [-0.4, -0.2) is 17.4 Å². The Morgan fingerprint density at radius 2 is 2.00 bits per heavy atom. The molecule has 0 spiro atoms. The zero-order chi connectivity index (χ0) is 9.72. The van der Waals surface area contributed by atoms with Crippen molar-refractivity contribution in [3.8, 4) is 0 Å². The maximum Gasteiger partial charge on any atom is 0.339 e. The molecule has 12 heavy (non-hydrogen) atoms. The average Bonchev–Trinajstić information content (AvgIpc) is 1.98. The van der Waals surface area contributed by atoms with Crippen molar-refractivity contribution in [1.82, 2.24) is 0 Å². The Kier molecular flexibility index (Phi) is 8.10. The van der Waals surface area contributed by atoms with Gasteiger partial charge in [-0.05, 0) is 61.1 Å². The summed E-state index contributed by atoms with van der Waals surface area (Å²) in [5.74, 6) is -0.627. The second-order valence-corrected chi connectivity index (χ2v) is 7.33. The number of rotatable bonds is 3. The van der Waals surface area contributed by atoms with Gasteiger partial charge in [0, 0.05) is 3.58 Å².